The Morgan fingerprint density at radius 2 is 1.68 bits per heavy atom. The van der Waals surface area contributed by atoms with Gasteiger partial charge in [0.25, 0.3) is 5.69 Å². The molecule has 0 aliphatic rings. The summed E-state index contributed by atoms with van der Waals surface area (Å²) >= 11 is 8.61. The average Bonchev–Trinajstić information content (AvgIpc) is 2.41. The average molecular weight is 337 g/mol. The molecule has 96 valence electrons. The number of nitrogens with one attached hydrogen (secondary N) is 1. The number of nitro benzene ring substituents is 1. The van der Waals surface area contributed by atoms with Gasteiger partial charge in [-0.3, -0.25) is 10.1 Å². The van der Waals surface area contributed by atoms with Crippen LogP contribution >= 0.6 is 28.1 Å². The highest BCUT2D eigenvalue weighted by atomic mass is 79.9. The van der Waals surface area contributed by atoms with Crippen molar-refractivity contribution in [3.63, 3.8) is 0 Å². The number of nitro groups is 1. The third-order valence-corrected chi connectivity index (χ3v) is 3.31. The summed E-state index contributed by atoms with van der Waals surface area (Å²) in [5, 5.41) is 13.6. The molecule has 0 saturated heterocycles. The molecular weight excluding hydrogens is 328 g/mol. The highest BCUT2D eigenvalue weighted by Crippen LogP contribution is 2.17. The summed E-state index contributed by atoms with van der Waals surface area (Å²) in [6.45, 7) is 0. The van der Waals surface area contributed by atoms with Crippen LogP contribution in [0.1, 0.15) is 5.56 Å². The fraction of sp³-hybridized carbons (Fsp3) is 0. The van der Waals surface area contributed by atoms with Crippen LogP contribution in [0.4, 0.5) is 11.4 Å². The van der Waals surface area contributed by atoms with Gasteiger partial charge in [-0.1, -0.05) is 28.1 Å². The Hall–Kier alpha value is -1.79. The fourth-order valence-electron chi connectivity index (χ4n) is 1.47. The molecule has 19 heavy (non-hydrogen) atoms. The topological polar surface area (TPSA) is 55.2 Å². The summed E-state index contributed by atoms with van der Waals surface area (Å²) in [7, 11) is 0. The van der Waals surface area contributed by atoms with Crippen molar-refractivity contribution in [3.8, 4) is 0 Å². The number of hydrogen-bond donors (Lipinski definition) is 1. The minimum absolute atomic E-state index is 0.0511. The van der Waals surface area contributed by atoms with Gasteiger partial charge in [0.15, 0.2) is 0 Å². The number of rotatable bonds is 3. The first-order valence-corrected chi connectivity index (χ1v) is 6.58. The second-order valence-electron chi connectivity index (χ2n) is 3.77. The van der Waals surface area contributed by atoms with Gasteiger partial charge in [-0.15, -0.1) is 0 Å². The first kappa shape index (κ1) is 13.6. The first-order valence-electron chi connectivity index (χ1n) is 5.37. The molecule has 0 saturated carbocycles. The van der Waals surface area contributed by atoms with Crippen LogP contribution in [0.2, 0.25) is 0 Å². The number of nitrogens with zero attached hydrogens (tertiary/aromatic N) is 1. The molecule has 6 heteroatoms. The van der Waals surface area contributed by atoms with Crippen LogP contribution in [-0.4, -0.2) is 9.91 Å². The van der Waals surface area contributed by atoms with Gasteiger partial charge in [-0.05, 0) is 36.4 Å². The fourth-order valence-corrected chi connectivity index (χ4v) is 1.99. The van der Waals surface area contributed by atoms with Crippen molar-refractivity contribution >= 4 is 44.5 Å². The maximum absolute atomic E-state index is 10.6. The Bertz CT molecular complexity index is 612. The van der Waals surface area contributed by atoms with Gasteiger partial charge in [-0.25, -0.2) is 0 Å². The molecule has 2 rings (SSSR count). The number of benzene rings is 2. The lowest BCUT2D eigenvalue weighted by atomic mass is 10.2. The summed E-state index contributed by atoms with van der Waals surface area (Å²) < 4.78 is 0.985. The van der Waals surface area contributed by atoms with E-state index in [2.05, 4.69) is 21.2 Å². The predicted octanol–water partition coefficient (Wildman–Crippen LogP) is 4.14. The molecule has 4 nitrogen and oxygen atoms in total. The van der Waals surface area contributed by atoms with Crippen molar-refractivity contribution in [2.45, 2.75) is 0 Å². The van der Waals surface area contributed by atoms with Crippen LogP contribution in [-0.2, 0) is 0 Å². The van der Waals surface area contributed by atoms with Gasteiger partial charge < -0.3 is 5.32 Å². The molecule has 0 heterocycles. The Morgan fingerprint density at radius 3 is 2.21 bits per heavy atom. The van der Waals surface area contributed by atoms with Crippen molar-refractivity contribution < 1.29 is 4.92 Å². The molecule has 0 aliphatic heterocycles. The Morgan fingerprint density at radius 1 is 1.11 bits per heavy atom. The zero-order valence-electron chi connectivity index (χ0n) is 9.67. The van der Waals surface area contributed by atoms with Crippen LogP contribution in [0.5, 0.6) is 0 Å². The smallest absolute Gasteiger partial charge is 0.269 e. The molecule has 0 fully saturated rings. The first-order chi connectivity index (χ1) is 9.06. The van der Waals surface area contributed by atoms with Crippen LogP contribution in [0.15, 0.2) is 53.0 Å². The second kappa shape index (κ2) is 5.90. The van der Waals surface area contributed by atoms with Gasteiger partial charge in [0.2, 0.25) is 0 Å². The molecule has 1 N–H and O–H groups in total. The Balaban J connectivity index is 2.11. The van der Waals surface area contributed by atoms with E-state index in [4.69, 9.17) is 12.2 Å². The SMILES string of the molecule is O=[N+]([O-])c1ccc(C(=S)Nc2ccc(Br)cc2)cc1. The number of halogens is 1. The van der Waals surface area contributed by atoms with E-state index in [1.165, 1.54) is 12.1 Å². The molecule has 0 amide bonds. The summed E-state index contributed by atoms with van der Waals surface area (Å²) in [4.78, 5) is 10.6. The van der Waals surface area contributed by atoms with Crippen LogP contribution in [0.25, 0.3) is 0 Å². The quantitative estimate of drug-likeness (QED) is 0.519. The number of non-ortho nitro benzene ring substituents is 1. The number of hydrogen-bond acceptors (Lipinski definition) is 3. The molecule has 0 aliphatic carbocycles. The lowest BCUT2D eigenvalue weighted by Crippen LogP contribution is -2.10. The van der Waals surface area contributed by atoms with Gasteiger partial charge in [0.1, 0.15) is 4.99 Å². The number of anilines is 1. The van der Waals surface area contributed by atoms with Gasteiger partial charge in [0, 0.05) is 27.9 Å². The maximum Gasteiger partial charge on any atom is 0.269 e. The van der Waals surface area contributed by atoms with E-state index < -0.39 is 4.92 Å². The van der Waals surface area contributed by atoms with Crippen LogP contribution in [0.3, 0.4) is 0 Å². The molecule has 0 spiro atoms. The molecule has 2 aromatic carbocycles. The van der Waals surface area contributed by atoms with E-state index in [1.54, 1.807) is 12.1 Å². The molecular formula is C13H9BrN2O2S. The van der Waals surface area contributed by atoms with E-state index in [-0.39, 0.29) is 5.69 Å². The van der Waals surface area contributed by atoms with Gasteiger partial charge >= 0.3 is 0 Å². The number of thiocarbonyl (C=S) groups is 1. The van der Waals surface area contributed by atoms with Crippen molar-refractivity contribution in [2.24, 2.45) is 0 Å². The summed E-state index contributed by atoms with van der Waals surface area (Å²) in [5.74, 6) is 0. The molecule has 0 unspecified atom stereocenters. The van der Waals surface area contributed by atoms with E-state index in [0.717, 1.165) is 15.7 Å². The van der Waals surface area contributed by atoms with Crippen molar-refractivity contribution in [2.75, 3.05) is 5.32 Å². The minimum atomic E-state index is -0.436. The van der Waals surface area contributed by atoms with Gasteiger partial charge in [0.05, 0.1) is 4.92 Å². The van der Waals surface area contributed by atoms with Crippen molar-refractivity contribution in [3.05, 3.63) is 68.7 Å². The monoisotopic (exact) mass is 336 g/mol. The van der Waals surface area contributed by atoms with E-state index >= 15 is 0 Å². The molecule has 0 bridgehead atoms. The zero-order valence-corrected chi connectivity index (χ0v) is 12.1. The molecule has 0 atom stereocenters. The van der Waals surface area contributed by atoms with E-state index in [0.29, 0.717) is 4.99 Å². The standard InChI is InChI=1S/C13H9BrN2O2S/c14-10-3-5-11(6-4-10)15-13(19)9-1-7-12(8-2-9)16(17)18/h1-8H,(H,15,19). The lowest BCUT2D eigenvalue weighted by Gasteiger charge is -2.07. The van der Waals surface area contributed by atoms with Gasteiger partial charge in [-0.2, -0.15) is 0 Å². The lowest BCUT2D eigenvalue weighted by molar-refractivity contribution is -0.384. The predicted molar refractivity (Wildman–Crippen MR) is 82.6 cm³/mol. The normalized spacial score (nSPS) is 9.95. The van der Waals surface area contributed by atoms with Crippen molar-refractivity contribution in [1.82, 2.24) is 0 Å². The Labute approximate surface area is 123 Å². The van der Waals surface area contributed by atoms with Crippen LogP contribution in [0, 0.1) is 10.1 Å². The highest BCUT2D eigenvalue weighted by molar-refractivity contribution is 9.10. The van der Waals surface area contributed by atoms with E-state index in [9.17, 15) is 10.1 Å². The molecule has 0 radical (unpaired) electrons. The minimum Gasteiger partial charge on any atom is -0.346 e. The molecule has 2 aromatic rings. The summed E-state index contributed by atoms with van der Waals surface area (Å²) in [6, 6.07) is 13.7. The second-order valence-corrected chi connectivity index (χ2v) is 5.09. The summed E-state index contributed by atoms with van der Waals surface area (Å²) in [6.07, 6.45) is 0. The Kier molecular flexibility index (Phi) is 4.24. The third kappa shape index (κ3) is 3.59. The van der Waals surface area contributed by atoms with E-state index in [1.807, 2.05) is 24.3 Å². The third-order valence-electron chi connectivity index (χ3n) is 2.44. The highest BCUT2D eigenvalue weighted by Gasteiger charge is 2.06. The zero-order chi connectivity index (χ0) is 13.8. The molecule has 0 aromatic heterocycles. The van der Waals surface area contributed by atoms with Crippen molar-refractivity contribution in [1.29, 1.82) is 0 Å². The largest absolute Gasteiger partial charge is 0.346 e. The summed E-state index contributed by atoms with van der Waals surface area (Å²) in [5.41, 5.74) is 1.66. The maximum atomic E-state index is 10.6. The van der Waals surface area contributed by atoms with Crippen LogP contribution < -0.4 is 5.32 Å².